The molecule has 0 saturated carbocycles. The molecule has 0 unspecified atom stereocenters. The summed E-state index contributed by atoms with van der Waals surface area (Å²) in [5.74, 6) is 0.579. The summed E-state index contributed by atoms with van der Waals surface area (Å²) in [5, 5.41) is 12.1. The molecule has 2 N–H and O–H groups in total. The normalized spacial score (nSPS) is 11.4. The van der Waals surface area contributed by atoms with Gasteiger partial charge in [0.25, 0.3) is 0 Å². The van der Waals surface area contributed by atoms with Crippen molar-refractivity contribution in [1.82, 2.24) is 5.32 Å². The first-order chi connectivity index (χ1) is 6.64. The van der Waals surface area contributed by atoms with E-state index in [-0.39, 0.29) is 17.9 Å². The molecule has 0 aliphatic rings. The zero-order valence-corrected chi connectivity index (χ0v) is 9.94. The fraction of sp³-hybridized carbons (Fsp3) is 0.900. The average Bonchev–Trinajstić information content (AvgIpc) is 2.21. The molecule has 0 aromatic carbocycles. The number of hydrogen-bond donors (Lipinski definition) is 3. The van der Waals surface area contributed by atoms with Crippen LogP contribution in [0.4, 0.5) is 0 Å². The molecule has 84 valence electrons. The van der Waals surface area contributed by atoms with E-state index in [0.717, 1.165) is 12.8 Å². The number of nitrogens with one attached hydrogen (secondary N) is 1. The summed E-state index contributed by atoms with van der Waals surface area (Å²) in [4.78, 5) is 11.2. The Morgan fingerprint density at radius 1 is 1.43 bits per heavy atom. The van der Waals surface area contributed by atoms with Crippen LogP contribution in [0, 0.1) is 5.41 Å². The Bertz CT molecular complexity index is 161. The minimum atomic E-state index is -0.147. The predicted octanol–water partition coefficient (Wildman–Crippen LogP) is 1.22. The number of carbonyl (C=O) groups is 1. The summed E-state index contributed by atoms with van der Waals surface area (Å²) in [5.41, 5.74) is -0.147. The molecule has 0 aromatic heterocycles. The number of aliphatic hydroxyl groups excluding tert-OH is 1. The summed E-state index contributed by atoms with van der Waals surface area (Å²) in [7, 11) is 0. The highest BCUT2D eigenvalue weighted by Crippen LogP contribution is 2.24. The summed E-state index contributed by atoms with van der Waals surface area (Å²) in [6.07, 6.45) is 2.19. The molecule has 0 radical (unpaired) electrons. The van der Waals surface area contributed by atoms with Gasteiger partial charge < -0.3 is 10.4 Å². The van der Waals surface area contributed by atoms with Gasteiger partial charge in [0.15, 0.2) is 0 Å². The van der Waals surface area contributed by atoms with Gasteiger partial charge in [-0.05, 0) is 18.6 Å². The zero-order chi connectivity index (χ0) is 11.0. The standard InChI is InChI=1S/C10H21NO2S/c1-3-10(4-2,8-12)7-11-9(13)5-6-14/h12,14H,3-8H2,1-2H3,(H,11,13). The van der Waals surface area contributed by atoms with E-state index in [1.54, 1.807) is 0 Å². The Hall–Kier alpha value is -0.220. The Morgan fingerprint density at radius 2 is 2.00 bits per heavy atom. The van der Waals surface area contributed by atoms with E-state index in [4.69, 9.17) is 0 Å². The number of aliphatic hydroxyl groups is 1. The fourth-order valence-electron chi connectivity index (χ4n) is 1.26. The Kier molecular flexibility index (Phi) is 7.01. The van der Waals surface area contributed by atoms with Crippen LogP contribution in [0.15, 0.2) is 0 Å². The van der Waals surface area contributed by atoms with E-state index in [0.29, 0.717) is 18.7 Å². The van der Waals surface area contributed by atoms with Crippen molar-refractivity contribution in [2.24, 2.45) is 5.41 Å². The largest absolute Gasteiger partial charge is 0.396 e. The predicted molar refractivity (Wildman–Crippen MR) is 61.6 cm³/mol. The summed E-state index contributed by atoms with van der Waals surface area (Å²) in [6.45, 7) is 4.75. The van der Waals surface area contributed by atoms with Gasteiger partial charge in [-0.3, -0.25) is 4.79 Å². The van der Waals surface area contributed by atoms with E-state index >= 15 is 0 Å². The Morgan fingerprint density at radius 3 is 2.36 bits per heavy atom. The van der Waals surface area contributed by atoms with E-state index in [1.165, 1.54) is 0 Å². The lowest BCUT2D eigenvalue weighted by atomic mass is 9.83. The van der Waals surface area contributed by atoms with Crippen molar-refractivity contribution in [3.8, 4) is 0 Å². The SMILES string of the molecule is CCC(CC)(CO)CNC(=O)CCS. The molecule has 4 heteroatoms. The molecule has 0 aliphatic heterocycles. The van der Waals surface area contributed by atoms with E-state index in [2.05, 4.69) is 17.9 Å². The average molecular weight is 219 g/mol. The van der Waals surface area contributed by atoms with Gasteiger partial charge in [-0.25, -0.2) is 0 Å². The van der Waals surface area contributed by atoms with Gasteiger partial charge in [0.1, 0.15) is 0 Å². The number of amides is 1. The first kappa shape index (κ1) is 13.8. The van der Waals surface area contributed by atoms with Crippen LogP contribution in [-0.4, -0.2) is 29.9 Å². The molecule has 0 bridgehead atoms. The molecule has 0 heterocycles. The maximum Gasteiger partial charge on any atom is 0.220 e. The second-order valence-corrected chi connectivity index (χ2v) is 4.06. The number of rotatable bonds is 7. The molecule has 0 spiro atoms. The van der Waals surface area contributed by atoms with Crippen LogP contribution in [0.3, 0.4) is 0 Å². The fourth-order valence-corrected chi connectivity index (χ4v) is 1.46. The third kappa shape index (κ3) is 4.33. The van der Waals surface area contributed by atoms with E-state index in [9.17, 15) is 9.90 Å². The quantitative estimate of drug-likeness (QED) is 0.564. The maximum absolute atomic E-state index is 11.2. The van der Waals surface area contributed by atoms with Gasteiger partial charge in [0.05, 0.1) is 6.61 Å². The first-order valence-electron chi connectivity index (χ1n) is 5.12. The molecule has 14 heavy (non-hydrogen) atoms. The molecular formula is C10H21NO2S. The minimum absolute atomic E-state index is 0.0136. The van der Waals surface area contributed by atoms with E-state index in [1.807, 2.05) is 13.8 Å². The van der Waals surface area contributed by atoms with Crippen molar-refractivity contribution in [3.05, 3.63) is 0 Å². The third-order valence-electron chi connectivity index (χ3n) is 2.83. The van der Waals surface area contributed by atoms with Gasteiger partial charge in [0.2, 0.25) is 5.91 Å². The summed E-state index contributed by atoms with van der Waals surface area (Å²) < 4.78 is 0. The zero-order valence-electron chi connectivity index (χ0n) is 9.05. The van der Waals surface area contributed by atoms with Crippen LogP contribution in [0.2, 0.25) is 0 Å². The van der Waals surface area contributed by atoms with E-state index < -0.39 is 0 Å². The molecule has 0 fully saturated rings. The van der Waals surface area contributed by atoms with Crippen LogP contribution in [-0.2, 0) is 4.79 Å². The second-order valence-electron chi connectivity index (χ2n) is 3.62. The highest BCUT2D eigenvalue weighted by molar-refractivity contribution is 7.80. The molecule has 1 amide bonds. The van der Waals surface area contributed by atoms with Crippen LogP contribution < -0.4 is 5.32 Å². The van der Waals surface area contributed by atoms with Crippen LogP contribution >= 0.6 is 12.6 Å². The smallest absolute Gasteiger partial charge is 0.220 e. The van der Waals surface area contributed by atoms with Crippen LogP contribution in [0.1, 0.15) is 33.1 Å². The molecule has 3 nitrogen and oxygen atoms in total. The van der Waals surface area contributed by atoms with Crippen molar-refractivity contribution < 1.29 is 9.90 Å². The van der Waals surface area contributed by atoms with Gasteiger partial charge >= 0.3 is 0 Å². The number of carbonyl (C=O) groups excluding carboxylic acids is 1. The lowest BCUT2D eigenvalue weighted by Gasteiger charge is -2.29. The highest BCUT2D eigenvalue weighted by Gasteiger charge is 2.25. The van der Waals surface area contributed by atoms with Gasteiger partial charge in [0, 0.05) is 18.4 Å². The van der Waals surface area contributed by atoms with Gasteiger partial charge in [-0.2, -0.15) is 12.6 Å². The molecular weight excluding hydrogens is 198 g/mol. The second kappa shape index (κ2) is 7.12. The lowest BCUT2D eigenvalue weighted by molar-refractivity contribution is -0.121. The Labute approximate surface area is 91.7 Å². The minimum Gasteiger partial charge on any atom is -0.396 e. The maximum atomic E-state index is 11.2. The molecule has 0 rings (SSSR count). The molecule has 0 aliphatic carbocycles. The highest BCUT2D eigenvalue weighted by atomic mass is 32.1. The van der Waals surface area contributed by atoms with Crippen molar-refractivity contribution in [2.45, 2.75) is 33.1 Å². The summed E-state index contributed by atoms with van der Waals surface area (Å²) >= 11 is 3.98. The number of hydrogen-bond acceptors (Lipinski definition) is 3. The van der Waals surface area contributed by atoms with Crippen LogP contribution in [0.5, 0.6) is 0 Å². The van der Waals surface area contributed by atoms with Gasteiger partial charge in [-0.15, -0.1) is 0 Å². The molecule has 0 atom stereocenters. The van der Waals surface area contributed by atoms with Crippen molar-refractivity contribution in [2.75, 3.05) is 18.9 Å². The van der Waals surface area contributed by atoms with Crippen LogP contribution in [0.25, 0.3) is 0 Å². The summed E-state index contributed by atoms with van der Waals surface area (Å²) in [6, 6.07) is 0. The lowest BCUT2D eigenvalue weighted by Crippen LogP contribution is -2.39. The Balaban J connectivity index is 3.99. The van der Waals surface area contributed by atoms with Crippen molar-refractivity contribution >= 4 is 18.5 Å². The van der Waals surface area contributed by atoms with Crippen molar-refractivity contribution in [1.29, 1.82) is 0 Å². The van der Waals surface area contributed by atoms with Gasteiger partial charge in [-0.1, -0.05) is 13.8 Å². The first-order valence-corrected chi connectivity index (χ1v) is 5.75. The monoisotopic (exact) mass is 219 g/mol. The molecule has 0 aromatic rings. The topological polar surface area (TPSA) is 49.3 Å². The third-order valence-corrected chi connectivity index (χ3v) is 3.06. The van der Waals surface area contributed by atoms with Crippen molar-refractivity contribution in [3.63, 3.8) is 0 Å². The molecule has 0 saturated heterocycles. The number of thiol groups is 1.